The van der Waals surface area contributed by atoms with Crippen LogP contribution in [0.4, 0.5) is 0 Å². The third kappa shape index (κ3) is 2.51. The van der Waals surface area contributed by atoms with E-state index < -0.39 is 0 Å². The van der Waals surface area contributed by atoms with Gasteiger partial charge in [-0.3, -0.25) is 0 Å². The molecule has 4 aromatic rings. The molecule has 4 rings (SSSR count). The Morgan fingerprint density at radius 2 is 1.17 bits per heavy atom. The summed E-state index contributed by atoms with van der Waals surface area (Å²) in [5.74, 6) is -0.335. The Kier molecular flexibility index (Phi) is 3.93. The molecule has 2 N–H and O–H groups in total. The fourth-order valence-corrected chi connectivity index (χ4v) is 5.77. The first-order valence-electron chi connectivity index (χ1n) is 6.28. The van der Waals surface area contributed by atoms with Gasteiger partial charge in [-0.05, 0) is 56.1 Å². The van der Waals surface area contributed by atoms with Crippen molar-refractivity contribution in [1.82, 2.24) is 8.75 Å². The number of rotatable bonds is 2. The molecule has 0 aliphatic rings. The van der Waals surface area contributed by atoms with Gasteiger partial charge < -0.3 is 10.2 Å². The van der Waals surface area contributed by atoms with E-state index in [1.807, 2.05) is 24.3 Å². The van der Waals surface area contributed by atoms with Crippen LogP contribution in [0.3, 0.4) is 0 Å². The highest BCUT2D eigenvalue weighted by Gasteiger charge is 2.25. The van der Waals surface area contributed by atoms with Crippen LogP contribution in [0, 0.1) is 0 Å². The molecule has 0 radical (unpaired) electrons. The van der Waals surface area contributed by atoms with Crippen molar-refractivity contribution in [2.45, 2.75) is 0 Å². The molecule has 3 aromatic heterocycles. The molecule has 0 spiro atoms. The van der Waals surface area contributed by atoms with Crippen LogP contribution >= 0.6 is 66.3 Å². The van der Waals surface area contributed by atoms with Gasteiger partial charge in [0, 0.05) is 9.75 Å². The zero-order valence-electron chi connectivity index (χ0n) is 11.1. The second-order valence-electron chi connectivity index (χ2n) is 4.62. The van der Waals surface area contributed by atoms with Gasteiger partial charge in [-0.2, -0.15) is 8.75 Å². The van der Waals surface area contributed by atoms with Gasteiger partial charge in [-0.25, -0.2) is 0 Å². The fraction of sp³-hybridized carbons (Fsp3) is 0. The van der Waals surface area contributed by atoms with Crippen LogP contribution in [0.25, 0.3) is 31.9 Å². The highest BCUT2D eigenvalue weighted by molar-refractivity contribution is 9.11. The summed E-state index contributed by atoms with van der Waals surface area (Å²) in [5.41, 5.74) is 2.22. The zero-order valence-corrected chi connectivity index (χ0v) is 16.7. The lowest BCUT2D eigenvalue weighted by Crippen LogP contribution is -1.86. The van der Waals surface area contributed by atoms with Crippen molar-refractivity contribution in [1.29, 1.82) is 0 Å². The van der Waals surface area contributed by atoms with Crippen molar-refractivity contribution in [3.63, 3.8) is 0 Å². The van der Waals surface area contributed by atoms with Gasteiger partial charge in [-0.15, -0.1) is 22.7 Å². The molecule has 4 nitrogen and oxygen atoms in total. The number of nitrogens with zero attached hydrogens (tertiary/aromatic N) is 2. The smallest absolute Gasteiger partial charge is 0.169 e. The molecular formula is C14H6Br2N2O2S3. The average Bonchev–Trinajstić information content (AvgIpc) is 3.23. The maximum absolute atomic E-state index is 10.6. The van der Waals surface area contributed by atoms with Gasteiger partial charge in [0.05, 0.1) is 30.4 Å². The summed E-state index contributed by atoms with van der Waals surface area (Å²) in [5, 5.41) is 21.2. The van der Waals surface area contributed by atoms with Gasteiger partial charge in [0.1, 0.15) is 11.0 Å². The minimum absolute atomic E-state index is 0.168. The number of hydrogen-bond acceptors (Lipinski definition) is 7. The van der Waals surface area contributed by atoms with Crippen LogP contribution in [0.1, 0.15) is 0 Å². The fourth-order valence-electron chi connectivity index (χ4n) is 2.34. The lowest BCUT2D eigenvalue weighted by atomic mass is 10.0. The van der Waals surface area contributed by atoms with E-state index in [2.05, 4.69) is 40.6 Å². The van der Waals surface area contributed by atoms with Crippen LogP contribution < -0.4 is 0 Å². The number of phenolic OH excluding ortho intramolecular Hbond substituents is 2. The highest BCUT2D eigenvalue weighted by Crippen LogP contribution is 2.51. The summed E-state index contributed by atoms with van der Waals surface area (Å²) in [6.07, 6.45) is 0. The van der Waals surface area contributed by atoms with Crippen molar-refractivity contribution < 1.29 is 10.2 Å². The quantitative estimate of drug-likeness (QED) is 0.334. The van der Waals surface area contributed by atoms with Crippen molar-refractivity contribution in [2.75, 3.05) is 0 Å². The monoisotopic (exact) mass is 488 g/mol. The van der Waals surface area contributed by atoms with Crippen LogP contribution in [0.15, 0.2) is 31.8 Å². The third-order valence-corrected chi connectivity index (χ3v) is 7.11. The first-order valence-corrected chi connectivity index (χ1v) is 10.2. The van der Waals surface area contributed by atoms with Gasteiger partial charge in [0.15, 0.2) is 11.5 Å². The summed E-state index contributed by atoms with van der Waals surface area (Å²) in [7, 11) is 0. The molecule has 0 fully saturated rings. The molecule has 0 amide bonds. The third-order valence-electron chi connectivity index (χ3n) is 3.30. The van der Waals surface area contributed by atoms with E-state index >= 15 is 0 Å². The predicted octanol–water partition coefficient (Wildman–Crippen LogP) is 6.08. The number of halogens is 2. The summed E-state index contributed by atoms with van der Waals surface area (Å²) in [6.45, 7) is 0. The Labute approximate surface area is 159 Å². The molecule has 116 valence electrons. The van der Waals surface area contributed by atoms with Crippen molar-refractivity contribution in [3.8, 4) is 32.4 Å². The molecular weight excluding hydrogens is 484 g/mol. The Morgan fingerprint density at radius 3 is 1.52 bits per heavy atom. The zero-order chi connectivity index (χ0) is 16.1. The van der Waals surface area contributed by atoms with Gasteiger partial charge in [0.25, 0.3) is 0 Å². The molecule has 3 heterocycles. The lowest BCUT2D eigenvalue weighted by Gasteiger charge is -2.10. The summed E-state index contributed by atoms with van der Waals surface area (Å²) in [4.78, 5) is 1.64. The number of phenols is 2. The minimum Gasteiger partial charge on any atom is -0.504 e. The van der Waals surface area contributed by atoms with E-state index in [1.165, 1.54) is 22.7 Å². The van der Waals surface area contributed by atoms with E-state index in [-0.39, 0.29) is 11.5 Å². The van der Waals surface area contributed by atoms with E-state index in [0.29, 0.717) is 22.2 Å². The van der Waals surface area contributed by atoms with Crippen LogP contribution in [-0.2, 0) is 0 Å². The molecule has 1 aromatic carbocycles. The number of hydrogen-bond donors (Lipinski definition) is 2. The molecule has 23 heavy (non-hydrogen) atoms. The maximum atomic E-state index is 10.6. The number of aromatic hydroxyl groups is 2. The second kappa shape index (κ2) is 5.82. The van der Waals surface area contributed by atoms with E-state index in [4.69, 9.17) is 0 Å². The van der Waals surface area contributed by atoms with E-state index in [0.717, 1.165) is 29.1 Å². The summed E-state index contributed by atoms with van der Waals surface area (Å²) in [6, 6.07) is 7.55. The van der Waals surface area contributed by atoms with Crippen molar-refractivity contribution in [2.24, 2.45) is 0 Å². The molecule has 0 saturated heterocycles. The Morgan fingerprint density at radius 1 is 0.739 bits per heavy atom. The van der Waals surface area contributed by atoms with Crippen LogP contribution in [-0.4, -0.2) is 19.0 Å². The van der Waals surface area contributed by atoms with E-state index in [1.54, 1.807) is 0 Å². The standard InChI is InChI=1S/C14H6Br2N2O2S3/c15-7-3-1-5(21-7)9-11-12(18-23-17-11)10(14(20)13(9)19)6-2-4-8(16)22-6/h1-4,19-20H. The van der Waals surface area contributed by atoms with E-state index in [9.17, 15) is 10.2 Å². The average molecular weight is 490 g/mol. The molecule has 0 saturated carbocycles. The Balaban J connectivity index is 2.09. The Hall–Kier alpha value is -1.000. The first-order chi connectivity index (χ1) is 11.1. The number of thiophene rings is 2. The largest absolute Gasteiger partial charge is 0.504 e. The van der Waals surface area contributed by atoms with Crippen LogP contribution in [0.2, 0.25) is 0 Å². The first kappa shape index (κ1) is 15.5. The predicted molar refractivity (Wildman–Crippen MR) is 103 cm³/mol. The lowest BCUT2D eigenvalue weighted by molar-refractivity contribution is 0.407. The number of aromatic nitrogens is 2. The minimum atomic E-state index is -0.168. The maximum Gasteiger partial charge on any atom is 0.169 e. The Bertz CT molecular complexity index is 958. The highest BCUT2D eigenvalue weighted by atomic mass is 79.9. The number of benzene rings is 1. The molecule has 9 heteroatoms. The van der Waals surface area contributed by atoms with Crippen molar-refractivity contribution in [3.05, 3.63) is 31.8 Å². The summed E-state index contributed by atoms with van der Waals surface area (Å²) >= 11 is 10.8. The summed E-state index contributed by atoms with van der Waals surface area (Å²) < 4.78 is 10.6. The second-order valence-corrected chi connectivity index (χ2v) is 10.1. The van der Waals surface area contributed by atoms with Gasteiger partial charge >= 0.3 is 0 Å². The van der Waals surface area contributed by atoms with Gasteiger partial charge in [0.2, 0.25) is 0 Å². The van der Waals surface area contributed by atoms with Gasteiger partial charge in [-0.1, -0.05) is 0 Å². The normalized spacial score (nSPS) is 11.4. The topological polar surface area (TPSA) is 66.2 Å². The SMILES string of the molecule is Oc1c(O)c(-c2ccc(Br)s2)c2nsnc2c1-c1ccc(Br)s1. The van der Waals surface area contributed by atoms with Crippen LogP contribution in [0.5, 0.6) is 11.5 Å². The molecule has 0 unspecified atom stereocenters. The molecule has 0 aliphatic heterocycles. The molecule has 0 atom stereocenters. The van der Waals surface area contributed by atoms with Crippen molar-refractivity contribution >= 4 is 77.3 Å². The molecule has 0 aliphatic carbocycles. The molecule has 0 bridgehead atoms. The number of fused-ring (bicyclic) bond motifs is 1.